The molecule has 2 N–H and O–H groups in total. The number of aliphatic imine (C=N–C) groups is 1. The maximum atomic E-state index is 11.2. The Labute approximate surface area is 97.7 Å². The summed E-state index contributed by atoms with van der Waals surface area (Å²) in [7, 11) is 0. The van der Waals surface area contributed by atoms with Crippen molar-refractivity contribution in [3.63, 3.8) is 0 Å². The van der Waals surface area contributed by atoms with Crippen molar-refractivity contribution in [2.75, 3.05) is 0 Å². The lowest BCUT2D eigenvalue weighted by molar-refractivity contribution is 0.248. The van der Waals surface area contributed by atoms with E-state index in [1.165, 1.54) is 0 Å². The smallest absolute Gasteiger partial charge is 0.320 e. The molecule has 1 aromatic rings. The van der Waals surface area contributed by atoms with Crippen LogP contribution in [0.2, 0.25) is 5.02 Å². The Bertz CT molecular complexity index is 524. The van der Waals surface area contributed by atoms with Crippen molar-refractivity contribution in [1.29, 1.82) is 0 Å². The van der Waals surface area contributed by atoms with E-state index in [2.05, 4.69) is 15.6 Å². The molecule has 0 bridgehead atoms. The first-order valence-corrected chi connectivity index (χ1v) is 5.46. The number of nitrogens with one attached hydrogen (secondary N) is 2. The number of benzene rings is 1. The van der Waals surface area contributed by atoms with Gasteiger partial charge in [-0.15, -0.1) is 0 Å². The fourth-order valence-corrected chi connectivity index (χ4v) is 2.23. The van der Waals surface area contributed by atoms with E-state index in [1.807, 2.05) is 19.1 Å². The van der Waals surface area contributed by atoms with E-state index in [1.54, 1.807) is 0 Å². The highest BCUT2D eigenvalue weighted by Gasteiger charge is 2.31. The molecule has 0 spiro atoms. The van der Waals surface area contributed by atoms with E-state index < -0.39 is 0 Å². The van der Waals surface area contributed by atoms with Crippen LogP contribution in [0.4, 0.5) is 10.5 Å². The van der Waals surface area contributed by atoms with Gasteiger partial charge in [-0.25, -0.2) is 9.79 Å². The zero-order chi connectivity index (χ0) is 11.3. The zero-order valence-electron chi connectivity index (χ0n) is 8.67. The van der Waals surface area contributed by atoms with Crippen molar-refractivity contribution in [2.24, 2.45) is 4.99 Å². The fraction of sp³-hybridized carbons (Fsp3) is 0.273. The maximum absolute atomic E-state index is 11.2. The van der Waals surface area contributed by atoms with Crippen molar-refractivity contribution in [3.05, 3.63) is 28.3 Å². The summed E-state index contributed by atoms with van der Waals surface area (Å²) < 4.78 is 0. The highest BCUT2D eigenvalue weighted by atomic mass is 35.5. The number of nitrogens with zero attached hydrogens (tertiary/aromatic N) is 1. The van der Waals surface area contributed by atoms with Crippen LogP contribution in [-0.4, -0.2) is 17.9 Å². The van der Waals surface area contributed by atoms with Crippen LogP contribution < -0.4 is 10.6 Å². The van der Waals surface area contributed by atoms with Crippen LogP contribution in [0.15, 0.2) is 17.1 Å². The van der Waals surface area contributed by atoms with Gasteiger partial charge in [0.25, 0.3) is 0 Å². The van der Waals surface area contributed by atoms with Crippen molar-refractivity contribution in [1.82, 2.24) is 10.6 Å². The summed E-state index contributed by atoms with van der Waals surface area (Å²) >= 11 is 6.07. The standard InChI is InChI=1S/C11H10ClN3O/c1-5-2-8-6(3-7(5)12)4-9-10(13-8)15-11(16)14-9/h2-3,9H,4H2,1H3,(H2,13,14,15,16). The number of rotatable bonds is 0. The second-order valence-electron chi connectivity index (χ2n) is 4.08. The molecule has 2 aliphatic rings. The number of urea groups is 1. The SMILES string of the molecule is Cc1cc2c(cc1Cl)CC1NC(=O)NC1=N2. The molecule has 2 amide bonds. The highest BCUT2D eigenvalue weighted by molar-refractivity contribution is 6.31. The number of halogens is 1. The summed E-state index contributed by atoms with van der Waals surface area (Å²) in [6.45, 7) is 1.94. The molecule has 0 aliphatic carbocycles. The molecule has 1 fully saturated rings. The van der Waals surface area contributed by atoms with Gasteiger partial charge in [0, 0.05) is 11.4 Å². The highest BCUT2D eigenvalue weighted by Crippen LogP contribution is 2.31. The Morgan fingerprint density at radius 1 is 1.50 bits per heavy atom. The lowest BCUT2D eigenvalue weighted by Crippen LogP contribution is -2.33. The van der Waals surface area contributed by atoms with Crippen molar-refractivity contribution in [3.8, 4) is 0 Å². The summed E-state index contributed by atoms with van der Waals surface area (Å²) in [5.41, 5.74) is 2.98. The molecular weight excluding hydrogens is 226 g/mol. The second-order valence-corrected chi connectivity index (χ2v) is 4.49. The Morgan fingerprint density at radius 3 is 3.12 bits per heavy atom. The van der Waals surface area contributed by atoms with Crippen molar-refractivity contribution in [2.45, 2.75) is 19.4 Å². The predicted molar refractivity (Wildman–Crippen MR) is 62.4 cm³/mol. The van der Waals surface area contributed by atoms with Crippen LogP contribution >= 0.6 is 11.6 Å². The number of hydrogen-bond acceptors (Lipinski definition) is 2. The van der Waals surface area contributed by atoms with Crippen LogP contribution in [-0.2, 0) is 6.42 Å². The molecule has 1 saturated heterocycles. The number of carbonyl (C=O) groups is 1. The van der Waals surface area contributed by atoms with Gasteiger partial charge in [-0.05, 0) is 30.2 Å². The largest absolute Gasteiger partial charge is 0.328 e. The molecule has 0 aromatic heterocycles. The van der Waals surface area contributed by atoms with E-state index >= 15 is 0 Å². The minimum Gasteiger partial charge on any atom is -0.328 e. The van der Waals surface area contributed by atoms with Gasteiger partial charge in [0.05, 0.1) is 11.7 Å². The number of amides is 2. The molecular formula is C11H10ClN3O. The van der Waals surface area contributed by atoms with Crippen molar-refractivity contribution < 1.29 is 4.79 Å². The van der Waals surface area contributed by atoms with Gasteiger partial charge in [0.2, 0.25) is 0 Å². The van der Waals surface area contributed by atoms with Gasteiger partial charge < -0.3 is 5.32 Å². The monoisotopic (exact) mass is 235 g/mol. The van der Waals surface area contributed by atoms with E-state index in [9.17, 15) is 4.79 Å². The molecule has 2 aliphatic heterocycles. The average molecular weight is 236 g/mol. The van der Waals surface area contributed by atoms with Gasteiger partial charge in [-0.1, -0.05) is 11.6 Å². The molecule has 5 heteroatoms. The number of carbonyl (C=O) groups excluding carboxylic acids is 1. The molecule has 0 saturated carbocycles. The quantitative estimate of drug-likeness (QED) is 0.709. The molecule has 16 heavy (non-hydrogen) atoms. The van der Waals surface area contributed by atoms with Crippen LogP contribution in [0.3, 0.4) is 0 Å². The zero-order valence-corrected chi connectivity index (χ0v) is 9.43. The third-order valence-electron chi connectivity index (χ3n) is 2.90. The van der Waals surface area contributed by atoms with Crippen LogP contribution in [0, 0.1) is 6.92 Å². The minimum absolute atomic E-state index is 0.0289. The summed E-state index contributed by atoms with van der Waals surface area (Å²) in [6, 6.07) is 3.67. The number of aryl methyl sites for hydroxylation is 1. The number of hydrogen-bond donors (Lipinski definition) is 2. The van der Waals surface area contributed by atoms with Crippen LogP contribution in [0.5, 0.6) is 0 Å². The Hall–Kier alpha value is -1.55. The first kappa shape index (κ1) is 9.66. The second kappa shape index (κ2) is 3.22. The topological polar surface area (TPSA) is 53.5 Å². The van der Waals surface area contributed by atoms with Gasteiger partial charge in [0.15, 0.2) is 0 Å². The number of amidine groups is 1. The lowest BCUT2D eigenvalue weighted by Gasteiger charge is -2.18. The van der Waals surface area contributed by atoms with E-state index in [0.29, 0.717) is 5.84 Å². The minimum atomic E-state index is -0.181. The third-order valence-corrected chi connectivity index (χ3v) is 3.31. The van der Waals surface area contributed by atoms with Crippen LogP contribution in [0.25, 0.3) is 0 Å². The molecule has 1 atom stereocenters. The fourth-order valence-electron chi connectivity index (χ4n) is 2.04. The molecule has 0 radical (unpaired) electrons. The molecule has 1 aromatic carbocycles. The van der Waals surface area contributed by atoms with Crippen LogP contribution in [0.1, 0.15) is 11.1 Å². The summed E-state index contributed by atoms with van der Waals surface area (Å²) in [6.07, 6.45) is 0.743. The molecule has 82 valence electrons. The molecule has 3 rings (SSSR count). The van der Waals surface area contributed by atoms with E-state index in [0.717, 1.165) is 28.3 Å². The maximum Gasteiger partial charge on any atom is 0.320 e. The van der Waals surface area contributed by atoms with Gasteiger partial charge in [0.1, 0.15) is 5.84 Å². The summed E-state index contributed by atoms with van der Waals surface area (Å²) in [5, 5.41) is 6.25. The van der Waals surface area contributed by atoms with Gasteiger partial charge in [-0.3, -0.25) is 5.32 Å². The summed E-state index contributed by atoms with van der Waals surface area (Å²) in [5.74, 6) is 0.708. The van der Waals surface area contributed by atoms with Gasteiger partial charge in [-0.2, -0.15) is 0 Å². The molecule has 4 nitrogen and oxygen atoms in total. The summed E-state index contributed by atoms with van der Waals surface area (Å²) in [4.78, 5) is 15.6. The Kier molecular flexibility index (Phi) is 1.94. The molecule has 2 heterocycles. The van der Waals surface area contributed by atoms with E-state index in [4.69, 9.17) is 11.6 Å². The Balaban J connectivity index is 2.09. The van der Waals surface area contributed by atoms with E-state index in [-0.39, 0.29) is 12.1 Å². The first-order valence-electron chi connectivity index (χ1n) is 5.08. The molecule has 1 unspecified atom stereocenters. The van der Waals surface area contributed by atoms with Gasteiger partial charge >= 0.3 is 6.03 Å². The van der Waals surface area contributed by atoms with Crippen molar-refractivity contribution >= 4 is 29.2 Å². The predicted octanol–water partition coefficient (Wildman–Crippen LogP) is 1.92. The average Bonchev–Trinajstić information content (AvgIpc) is 2.56. The lowest BCUT2D eigenvalue weighted by atomic mass is 9.99. The first-order chi connectivity index (χ1) is 7.63. The number of fused-ring (bicyclic) bond motifs is 2. The normalized spacial score (nSPS) is 21.8. The third kappa shape index (κ3) is 1.38. The Morgan fingerprint density at radius 2 is 2.31 bits per heavy atom.